The molecule has 2 N–H and O–H groups in total. The SMILES string of the molecule is COc1ccc(-n2c(C)cc([C@H]3[C@H](c4ccccn4)NC(=S)N3CCCO)c2C)c([N+](=O)[O-])c1. The molecule has 1 aliphatic rings. The van der Waals surface area contributed by atoms with Crippen LogP contribution in [0.3, 0.4) is 0 Å². The molecule has 0 aliphatic carbocycles. The van der Waals surface area contributed by atoms with Crippen molar-refractivity contribution >= 4 is 23.0 Å². The van der Waals surface area contributed by atoms with E-state index in [1.165, 1.54) is 13.2 Å². The van der Waals surface area contributed by atoms with Gasteiger partial charge in [-0.1, -0.05) is 6.07 Å². The average molecular weight is 482 g/mol. The van der Waals surface area contributed by atoms with Crippen molar-refractivity contribution in [3.8, 4) is 11.4 Å². The number of rotatable bonds is 8. The smallest absolute Gasteiger partial charge is 0.296 e. The van der Waals surface area contributed by atoms with E-state index in [4.69, 9.17) is 17.0 Å². The minimum absolute atomic E-state index is 0.0359. The van der Waals surface area contributed by atoms with Gasteiger partial charge < -0.3 is 24.6 Å². The third-order valence-corrected chi connectivity index (χ3v) is 6.52. The van der Waals surface area contributed by atoms with E-state index in [-0.39, 0.29) is 24.4 Å². The summed E-state index contributed by atoms with van der Waals surface area (Å²) in [4.78, 5) is 18.1. The number of hydrogen-bond acceptors (Lipinski definition) is 6. The van der Waals surface area contributed by atoms with Crippen molar-refractivity contribution in [2.75, 3.05) is 20.3 Å². The lowest BCUT2D eigenvalue weighted by atomic mass is 9.96. The minimum Gasteiger partial charge on any atom is -0.496 e. The molecule has 1 aliphatic heterocycles. The van der Waals surface area contributed by atoms with Crippen LogP contribution in [0.5, 0.6) is 5.75 Å². The summed E-state index contributed by atoms with van der Waals surface area (Å²) in [6.45, 7) is 4.51. The Hall–Kier alpha value is -3.50. The zero-order valence-corrected chi connectivity index (χ0v) is 20.1. The second kappa shape index (κ2) is 9.78. The van der Waals surface area contributed by atoms with Crippen LogP contribution in [-0.4, -0.2) is 49.9 Å². The highest BCUT2D eigenvalue weighted by atomic mass is 32.1. The van der Waals surface area contributed by atoms with Gasteiger partial charge in [-0.2, -0.15) is 0 Å². The highest BCUT2D eigenvalue weighted by Crippen LogP contribution is 2.42. The number of nitro groups is 1. The molecular formula is C24H27N5O4S. The highest BCUT2D eigenvalue weighted by molar-refractivity contribution is 7.80. The number of ether oxygens (including phenoxy) is 1. The predicted octanol–water partition coefficient (Wildman–Crippen LogP) is 3.76. The van der Waals surface area contributed by atoms with Gasteiger partial charge in [0, 0.05) is 30.7 Å². The maximum Gasteiger partial charge on any atom is 0.296 e. The van der Waals surface area contributed by atoms with Gasteiger partial charge in [0.05, 0.1) is 35.9 Å². The lowest BCUT2D eigenvalue weighted by Gasteiger charge is -2.28. The molecule has 0 amide bonds. The van der Waals surface area contributed by atoms with Gasteiger partial charge in [0.15, 0.2) is 5.11 Å². The molecule has 3 heterocycles. The third-order valence-electron chi connectivity index (χ3n) is 6.16. The summed E-state index contributed by atoms with van der Waals surface area (Å²) in [6, 6.07) is 12.3. The largest absolute Gasteiger partial charge is 0.496 e. The quantitative estimate of drug-likeness (QED) is 0.285. The van der Waals surface area contributed by atoms with Crippen LogP contribution in [0.15, 0.2) is 48.7 Å². The van der Waals surface area contributed by atoms with E-state index in [2.05, 4.69) is 15.2 Å². The number of nitro benzene ring substituents is 1. The number of aryl methyl sites for hydroxylation is 1. The maximum absolute atomic E-state index is 11.9. The van der Waals surface area contributed by atoms with Gasteiger partial charge >= 0.3 is 0 Å². The topological polar surface area (TPSA) is 106 Å². The number of aliphatic hydroxyl groups is 1. The van der Waals surface area contributed by atoms with Crippen molar-refractivity contribution in [1.82, 2.24) is 19.8 Å². The monoisotopic (exact) mass is 481 g/mol. The number of benzene rings is 1. The number of pyridine rings is 1. The summed E-state index contributed by atoms with van der Waals surface area (Å²) in [5, 5.41) is 25.3. The summed E-state index contributed by atoms with van der Waals surface area (Å²) in [5.41, 5.74) is 4.01. The summed E-state index contributed by atoms with van der Waals surface area (Å²) in [5.74, 6) is 0.425. The van der Waals surface area contributed by atoms with E-state index < -0.39 is 4.92 Å². The van der Waals surface area contributed by atoms with Crippen LogP contribution in [0.25, 0.3) is 5.69 Å². The summed E-state index contributed by atoms with van der Waals surface area (Å²) < 4.78 is 7.10. The Bertz CT molecular complexity index is 1210. The van der Waals surface area contributed by atoms with E-state index >= 15 is 0 Å². The van der Waals surface area contributed by atoms with Crippen LogP contribution < -0.4 is 10.1 Å². The predicted molar refractivity (Wildman–Crippen MR) is 132 cm³/mol. The summed E-state index contributed by atoms with van der Waals surface area (Å²) >= 11 is 5.66. The second-order valence-corrected chi connectivity index (χ2v) is 8.56. The Morgan fingerprint density at radius 1 is 1.26 bits per heavy atom. The number of aliphatic hydroxyl groups excluding tert-OH is 1. The molecular weight excluding hydrogens is 454 g/mol. The number of nitrogens with zero attached hydrogens (tertiary/aromatic N) is 4. The molecule has 0 unspecified atom stereocenters. The Labute approximate surface area is 203 Å². The van der Waals surface area contributed by atoms with E-state index in [1.54, 1.807) is 18.3 Å². The third kappa shape index (κ3) is 4.22. The Kier molecular flexibility index (Phi) is 6.80. The molecule has 34 heavy (non-hydrogen) atoms. The second-order valence-electron chi connectivity index (χ2n) is 8.17. The van der Waals surface area contributed by atoms with Crippen molar-refractivity contribution < 1.29 is 14.8 Å². The minimum atomic E-state index is -0.396. The van der Waals surface area contributed by atoms with Crippen LogP contribution >= 0.6 is 12.2 Å². The highest BCUT2D eigenvalue weighted by Gasteiger charge is 2.41. The molecule has 0 bridgehead atoms. The van der Waals surface area contributed by atoms with Gasteiger partial charge in [-0.3, -0.25) is 15.1 Å². The molecule has 10 heteroatoms. The zero-order chi connectivity index (χ0) is 24.4. The lowest BCUT2D eigenvalue weighted by molar-refractivity contribution is -0.384. The number of aromatic nitrogens is 2. The summed E-state index contributed by atoms with van der Waals surface area (Å²) in [6.07, 6.45) is 2.31. The Morgan fingerprint density at radius 2 is 2.06 bits per heavy atom. The van der Waals surface area contributed by atoms with Crippen molar-refractivity contribution in [2.45, 2.75) is 32.4 Å². The van der Waals surface area contributed by atoms with E-state index in [0.29, 0.717) is 29.5 Å². The van der Waals surface area contributed by atoms with Crippen LogP contribution in [0.4, 0.5) is 5.69 Å². The van der Waals surface area contributed by atoms with E-state index in [1.807, 2.05) is 42.7 Å². The fourth-order valence-corrected chi connectivity index (χ4v) is 4.98. The molecule has 3 aromatic rings. The zero-order valence-electron chi connectivity index (χ0n) is 19.3. The molecule has 178 valence electrons. The first-order valence-electron chi connectivity index (χ1n) is 11.0. The normalized spacial score (nSPS) is 17.6. The van der Waals surface area contributed by atoms with Crippen molar-refractivity contribution in [3.05, 3.63) is 81.4 Å². The molecule has 0 spiro atoms. The van der Waals surface area contributed by atoms with E-state index in [9.17, 15) is 15.2 Å². The standard InChI is InChI=1S/C24H27N5O4S/c1-15-13-18(16(2)28(15)20-9-8-17(33-3)14-21(20)29(31)32)23-22(19-7-4-5-10-25-19)26-24(34)27(23)11-6-12-30/h4-5,7-10,13-14,22-23,30H,6,11-12H2,1-3H3,(H,26,34)/t22-,23-/m0/s1. The van der Waals surface area contributed by atoms with Gasteiger partial charge in [-0.05, 0) is 68.4 Å². The molecule has 0 radical (unpaired) electrons. The van der Waals surface area contributed by atoms with Crippen LogP contribution in [0.1, 0.15) is 41.1 Å². The summed E-state index contributed by atoms with van der Waals surface area (Å²) in [7, 11) is 1.48. The number of thiocarbonyl (C=S) groups is 1. The fraction of sp³-hybridized carbons (Fsp3) is 0.333. The average Bonchev–Trinajstić information content (AvgIpc) is 3.32. The molecule has 1 aromatic carbocycles. The van der Waals surface area contributed by atoms with Gasteiger partial charge in [0.2, 0.25) is 0 Å². The fourth-order valence-electron chi connectivity index (χ4n) is 4.65. The van der Waals surface area contributed by atoms with Crippen molar-refractivity contribution in [3.63, 3.8) is 0 Å². The molecule has 0 saturated carbocycles. The van der Waals surface area contributed by atoms with Gasteiger partial charge in [-0.15, -0.1) is 0 Å². The van der Waals surface area contributed by atoms with Crippen LogP contribution in [0, 0.1) is 24.0 Å². The van der Waals surface area contributed by atoms with Gasteiger partial charge in [-0.25, -0.2) is 0 Å². The number of hydrogen-bond donors (Lipinski definition) is 2. The molecule has 1 fully saturated rings. The van der Waals surface area contributed by atoms with Crippen LogP contribution in [0.2, 0.25) is 0 Å². The molecule has 2 atom stereocenters. The Morgan fingerprint density at radius 3 is 2.71 bits per heavy atom. The van der Waals surface area contributed by atoms with Crippen LogP contribution in [-0.2, 0) is 0 Å². The Balaban J connectivity index is 1.86. The van der Waals surface area contributed by atoms with Gasteiger partial charge in [0.25, 0.3) is 5.69 Å². The van der Waals surface area contributed by atoms with Crippen molar-refractivity contribution in [2.24, 2.45) is 0 Å². The first kappa shape index (κ1) is 23.7. The lowest BCUT2D eigenvalue weighted by Crippen LogP contribution is -2.31. The number of methoxy groups -OCH3 is 1. The molecule has 9 nitrogen and oxygen atoms in total. The molecule has 1 saturated heterocycles. The molecule has 2 aromatic heterocycles. The van der Waals surface area contributed by atoms with Crippen molar-refractivity contribution in [1.29, 1.82) is 0 Å². The first-order chi connectivity index (χ1) is 16.4. The maximum atomic E-state index is 11.9. The number of nitrogens with one attached hydrogen (secondary N) is 1. The van der Waals surface area contributed by atoms with E-state index in [0.717, 1.165) is 22.6 Å². The van der Waals surface area contributed by atoms with Gasteiger partial charge in [0.1, 0.15) is 11.4 Å². The first-order valence-corrected chi connectivity index (χ1v) is 11.4. The molecule has 4 rings (SSSR count).